The van der Waals surface area contributed by atoms with Crippen molar-refractivity contribution in [1.82, 2.24) is 9.88 Å². The molecule has 1 aliphatic heterocycles. The first-order valence-electron chi connectivity index (χ1n) is 6.78. The van der Waals surface area contributed by atoms with Crippen molar-refractivity contribution in [3.63, 3.8) is 0 Å². The molecule has 0 bridgehead atoms. The molecule has 0 aromatic carbocycles. The lowest BCUT2D eigenvalue weighted by molar-refractivity contribution is -0.385. The van der Waals surface area contributed by atoms with Gasteiger partial charge in [0.25, 0.3) is 11.6 Å². The van der Waals surface area contributed by atoms with Crippen molar-refractivity contribution >= 4 is 23.2 Å². The number of likely N-dealkylation sites (tertiary alicyclic amines) is 1. The molecule has 2 unspecified atom stereocenters. The van der Waals surface area contributed by atoms with Gasteiger partial charge in [-0.05, 0) is 32.3 Å². The lowest BCUT2D eigenvalue weighted by Crippen LogP contribution is -2.51. The van der Waals surface area contributed by atoms with Crippen LogP contribution in [0.4, 0.5) is 5.69 Å². The topological polar surface area (TPSA) is 102 Å². The van der Waals surface area contributed by atoms with Gasteiger partial charge in [-0.1, -0.05) is 11.6 Å². The SMILES string of the molecule is CC1CCCC(CN)N1C(=O)c1cc(Cl)ncc1[N+](=O)[O-]. The number of carbonyl (C=O) groups is 1. The summed E-state index contributed by atoms with van der Waals surface area (Å²) in [6.45, 7) is 2.26. The van der Waals surface area contributed by atoms with Gasteiger partial charge in [-0.2, -0.15) is 0 Å². The third-order valence-electron chi connectivity index (χ3n) is 3.81. The van der Waals surface area contributed by atoms with Crippen LogP contribution >= 0.6 is 11.6 Å². The predicted molar refractivity (Wildman–Crippen MR) is 78.2 cm³/mol. The molecule has 1 amide bonds. The van der Waals surface area contributed by atoms with Crippen LogP contribution in [0, 0.1) is 10.1 Å². The number of pyridine rings is 1. The molecule has 2 atom stereocenters. The van der Waals surface area contributed by atoms with Gasteiger partial charge in [0.1, 0.15) is 16.9 Å². The van der Waals surface area contributed by atoms with E-state index in [1.54, 1.807) is 4.90 Å². The van der Waals surface area contributed by atoms with Gasteiger partial charge >= 0.3 is 0 Å². The minimum atomic E-state index is -0.622. The second kappa shape index (κ2) is 6.36. The summed E-state index contributed by atoms with van der Waals surface area (Å²) < 4.78 is 0. The molecule has 0 aliphatic carbocycles. The summed E-state index contributed by atoms with van der Waals surface area (Å²) in [5.74, 6) is -0.409. The van der Waals surface area contributed by atoms with Crippen LogP contribution in [0.15, 0.2) is 12.3 Å². The molecule has 21 heavy (non-hydrogen) atoms. The van der Waals surface area contributed by atoms with Crippen molar-refractivity contribution < 1.29 is 9.72 Å². The van der Waals surface area contributed by atoms with Crippen LogP contribution in [-0.4, -0.2) is 39.3 Å². The molecular formula is C13H17ClN4O3. The summed E-state index contributed by atoms with van der Waals surface area (Å²) in [7, 11) is 0. The highest BCUT2D eigenvalue weighted by Gasteiger charge is 2.34. The van der Waals surface area contributed by atoms with Gasteiger partial charge in [0, 0.05) is 18.6 Å². The summed E-state index contributed by atoms with van der Waals surface area (Å²) in [5, 5.41) is 11.1. The zero-order valence-corrected chi connectivity index (χ0v) is 12.4. The van der Waals surface area contributed by atoms with Crippen molar-refractivity contribution in [3.05, 3.63) is 33.1 Å². The van der Waals surface area contributed by atoms with E-state index in [1.807, 2.05) is 6.92 Å². The number of hydrogen-bond donors (Lipinski definition) is 1. The van der Waals surface area contributed by atoms with Crippen LogP contribution in [-0.2, 0) is 0 Å². The van der Waals surface area contributed by atoms with Crippen LogP contribution in [0.3, 0.4) is 0 Å². The largest absolute Gasteiger partial charge is 0.331 e. The van der Waals surface area contributed by atoms with Crippen molar-refractivity contribution in [3.8, 4) is 0 Å². The molecule has 1 aliphatic rings. The maximum atomic E-state index is 12.7. The highest BCUT2D eigenvalue weighted by Crippen LogP contribution is 2.28. The summed E-state index contributed by atoms with van der Waals surface area (Å²) in [5.41, 5.74) is 5.36. The lowest BCUT2D eigenvalue weighted by atomic mass is 9.95. The van der Waals surface area contributed by atoms with Gasteiger partial charge in [0.2, 0.25) is 0 Å². The molecule has 8 heteroatoms. The Morgan fingerprint density at radius 1 is 1.62 bits per heavy atom. The number of nitrogens with zero attached hydrogens (tertiary/aromatic N) is 3. The third kappa shape index (κ3) is 3.14. The summed E-state index contributed by atoms with van der Waals surface area (Å²) in [6, 6.07) is 1.14. The molecule has 1 fully saturated rings. The van der Waals surface area contributed by atoms with E-state index in [9.17, 15) is 14.9 Å². The summed E-state index contributed by atoms with van der Waals surface area (Å²) in [6.07, 6.45) is 3.67. The number of nitro groups is 1. The molecule has 2 heterocycles. The fourth-order valence-corrected chi connectivity index (χ4v) is 2.92. The number of carbonyl (C=O) groups excluding carboxylic acids is 1. The van der Waals surface area contributed by atoms with E-state index in [4.69, 9.17) is 17.3 Å². The Balaban J connectivity index is 2.42. The number of aromatic nitrogens is 1. The first-order valence-corrected chi connectivity index (χ1v) is 7.16. The van der Waals surface area contributed by atoms with E-state index < -0.39 is 10.8 Å². The molecule has 0 radical (unpaired) electrons. The van der Waals surface area contributed by atoms with Crippen molar-refractivity contribution in [1.29, 1.82) is 0 Å². The standard InChI is InChI=1S/C13H17ClN4O3/c1-8-3-2-4-9(6-15)17(8)13(19)10-5-12(14)16-7-11(10)18(20)21/h5,7-9H,2-4,6,15H2,1H3. The maximum absolute atomic E-state index is 12.7. The van der Waals surface area contributed by atoms with Gasteiger partial charge in [-0.25, -0.2) is 4.98 Å². The van der Waals surface area contributed by atoms with E-state index in [-0.39, 0.29) is 28.5 Å². The van der Waals surface area contributed by atoms with E-state index in [1.165, 1.54) is 6.07 Å². The Hall–Kier alpha value is -1.73. The van der Waals surface area contributed by atoms with Crippen molar-refractivity contribution in [2.75, 3.05) is 6.54 Å². The van der Waals surface area contributed by atoms with E-state index >= 15 is 0 Å². The first-order chi connectivity index (χ1) is 9.95. The lowest BCUT2D eigenvalue weighted by Gasteiger charge is -2.40. The minimum absolute atomic E-state index is 0.00801. The highest BCUT2D eigenvalue weighted by molar-refractivity contribution is 6.29. The Morgan fingerprint density at radius 2 is 2.33 bits per heavy atom. The smallest absolute Gasteiger partial charge is 0.300 e. The maximum Gasteiger partial charge on any atom is 0.300 e. The fraction of sp³-hybridized carbons (Fsp3) is 0.538. The Bertz CT molecular complexity index is 566. The average molecular weight is 313 g/mol. The zero-order valence-electron chi connectivity index (χ0n) is 11.7. The molecular weight excluding hydrogens is 296 g/mol. The third-order valence-corrected chi connectivity index (χ3v) is 4.02. The number of halogens is 1. The van der Waals surface area contributed by atoms with Gasteiger partial charge in [-0.15, -0.1) is 0 Å². The van der Waals surface area contributed by atoms with Gasteiger partial charge in [-0.3, -0.25) is 14.9 Å². The van der Waals surface area contributed by atoms with Gasteiger partial charge < -0.3 is 10.6 Å². The molecule has 1 aromatic heterocycles. The van der Waals surface area contributed by atoms with E-state index in [0.717, 1.165) is 25.5 Å². The quantitative estimate of drug-likeness (QED) is 0.522. The monoisotopic (exact) mass is 312 g/mol. The van der Waals surface area contributed by atoms with Crippen LogP contribution in [0.25, 0.3) is 0 Å². The number of rotatable bonds is 3. The molecule has 2 N–H and O–H groups in total. The second-order valence-electron chi connectivity index (χ2n) is 5.16. The highest BCUT2D eigenvalue weighted by atomic mass is 35.5. The Labute approximate surface area is 127 Å². The van der Waals surface area contributed by atoms with Crippen molar-refractivity contribution in [2.45, 2.75) is 38.3 Å². The summed E-state index contributed by atoms with van der Waals surface area (Å²) in [4.78, 5) is 28.5. The molecule has 114 valence electrons. The molecule has 2 rings (SSSR count). The normalized spacial score (nSPS) is 22.1. The molecule has 1 aromatic rings. The number of nitrogens with two attached hydrogens (primary N) is 1. The van der Waals surface area contributed by atoms with Crippen LogP contribution in [0.1, 0.15) is 36.5 Å². The molecule has 7 nitrogen and oxygen atoms in total. The second-order valence-corrected chi connectivity index (χ2v) is 5.55. The molecule has 0 saturated carbocycles. The van der Waals surface area contributed by atoms with E-state index in [0.29, 0.717) is 6.54 Å². The van der Waals surface area contributed by atoms with Crippen LogP contribution < -0.4 is 5.73 Å². The van der Waals surface area contributed by atoms with Crippen LogP contribution in [0.5, 0.6) is 0 Å². The fourth-order valence-electron chi connectivity index (χ4n) is 2.76. The minimum Gasteiger partial charge on any atom is -0.331 e. The van der Waals surface area contributed by atoms with Crippen LogP contribution in [0.2, 0.25) is 5.15 Å². The van der Waals surface area contributed by atoms with E-state index in [2.05, 4.69) is 4.98 Å². The zero-order chi connectivity index (χ0) is 15.6. The Morgan fingerprint density at radius 3 is 2.95 bits per heavy atom. The number of piperidine rings is 1. The first kappa shape index (κ1) is 15.7. The van der Waals surface area contributed by atoms with Gasteiger partial charge in [0.05, 0.1) is 4.92 Å². The Kier molecular flexibility index (Phi) is 4.74. The molecule has 0 spiro atoms. The predicted octanol–water partition coefficient (Wildman–Crippen LogP) is 1.99. The van der Waals surface area contributed by atoms with Crippen molar-refractivity contribution in [2.24, 2.45) is 5.73 Å². The average Bonchev–Trinajstić information content (AvgIpc) is 2.45. The number of amides is 1. The summed E-state index contributed by atoms with van der Waals surface area (Å²) >= 11 is 5.78. The number of hydrogen-bond acceptors (Lipinski definition) is 5. The molecule has 1 saturated heterocycles. The van der Waals surface area contributed by atoms with Gasteiger partial charge in [0.15, 0.2) is 0 Å².